The predicted molar refractivity (Wildman–Crippen MR) is 43.0 cm³/mol. The van der Waals surface area contributed by atoms with Crippen molar-refractivity contribution in [3.8, 4) is 0 Å². The predicted octanol–water partition coefficient (Wildman–Crippen LogP) is -6.53. The molecule has 0 saturated heterocycles. The van der Waals surface area contributed by atoms with Crippen molar-refractivity contribution < 1.29 is 117 Å². The van der Waals surface area contributed by atoms with Crippen molar-refractivity contribution in [3.63, 3.8) is 0 Å². The van der Waals surface area contributed by atoms with Crippen LogP contribution in [0.15, 0.2) is 18.2 Å². The van der Waals surface area contributed by atoms with Crippen molar-refractivity contribution in [2.75, 3.05) is 0 Å². The fourth-order valence-electron chi connectivity index (χ4n) is 0.696. The summed E-state index contributed by atoms with van der Waals surface area (Å²) in [5.41, 5.74) is 0. The standard InChI is InChI=1S/C6H5Cl2O3P.2K/c7-4-1-2-5(8)6(3-4)12(9,10)11;;/h1-3H,(H2,9,10,11);;/q;2*+1/p-2. The first kappa shape index (κ1) is 19.7. The molecule has 0 N–H and O–H groups in total. The van der Waals surface area contributed by atoms with Crippen LogP contribution in [0.25, 0.3) is 0 Å². The molecule has 14 heavy (non-hydrogen) atoms. The maximum atomic E-state index is 10.5. The van der Waals surface area contributed by atoms with Gasteiger partial charge in [-0.3, -0.25) is 0 Å². The van der Waals surface area contributed by atoms with Crippen LogP contribution < -0.4 is 123 Å². The smallest absolute Gasteiger partial charge is 0.683 e. The summed E-state index contributed by atoms with van der Waals surface area (Å²) >= 11 is 10.9. The summed E-state index contributed by atoms with van der Waals surface area (Å²) in [6.45, 7) is 0. The van der Waals surface area contributed by atoms with Gasteiger partial charge in [-0.05, 0) is 18.2 Å². The van der Waals surface area contributed by atoms with Gasteiger partial charge in [-0.25, -0.2) is 0 Å². The molecular formula is C6H3Cl2K2O3P. The second-order valence-electron chi connectivity index (χ2n) is 2.09. The van der Waals surface area contributed by atoms with Crippen LogP contribution in [0.5, 0.6) is 0 Å². The van der Waals surface area contributed by atoms with E-state index in [1.54, 1.807) is 0 Å². The largest absolute Gasteiger partial charge is 1.00 e. The molecule has 3 nitrogen and oxygen atoms in total. The third kappa shape index (κ3) is 6.35. The molecular weight excluding hydrogens is 300 g/mol. The molecule has 0 atom stereocenters. The van der Waals surface area contributed by atoms with Crippen LogP contribution in [0.2, 0.25) is 10.0 Å². The van der Waals surface area contributed by atoms with Gasteiger partial charge in [0, 0.05) is 5.02 Å². The topological polar surface area (TPSA) is 69.2 Å². The van der Waals surface area contributed by atoms with Gasteiger partial charge in [-0.1, -0.05) is 23.2 Å². The minimum absolute atomic E-state index is 0. The van der Waals surface area contributed by atoms with Crippen LogP contribution in [0.1, 0.15) is 0 Å². The van der Waals surface area contributed by atoms with E-state index in [-0.39, 0.29) is 113 Å². The normalized spacial score (nSPS) is 10.1. The first-order valence-electron chi connectivity index (χ1n) is 2.89. The van der Waals surface area contributed by atoms with Crippen molar-refractivity contribution >= 4 is 36.4 Å². The van der Waals surface area contributed by atoms with E-state index in [4.69, 9.17) is 23.2 Å². The molecule has 0 aliphatic heterocycles. The third-order valence-corrected chi connectivity index (χ3v) is 2.86. The average molecular weight is 303 g/mol. The van der Waals surface area contributed by atoms with Crippen LogP contribution in [-0.2, 0) is 0 Å². The van der Waals surface area contributed by atoms with Gasteiger partial charge >= 0.3 is 103 Å². The van der Waals surface area contributed by atoms with E-state index in [9.17, 15) is 14.7 Å². The second kappa shape index (κ2) is 8.48. The maximum Gasteiger partial charge on any atom is 1.00 e. The number of benzene rings is 1. The van der Waals surface area contributed by atoms with Gasteiger partial charge in [0.05, 0.1) is 10.3 Å². The quantitative estimate of drug-likeness (QED) is 0.383. The molecule has 0 unspecified atom stereocenters. The minimum atomic E-state index is -4.80. The first-order chi connectivity index (χ1) is 5.41. The molecule has 0 fully saturated rings. The first-order valence-corrected chi connectivity index (χ1v) is 5.19. The summed E-state index contributed by atoms with van der Waals surface area (Å²) in [5.74, 6) is 0. The summed E-state index contributed by atoms with van der Waals surface area (Å²) in [5, 5.41) is -0.397. The minimum Gasteiger partial charge on any atom is -0.683 e. The van der Waals surface area contributed by atoms with Gasteiger partial charge in [-0.15, -0.1) is 7.94 Å². The van der Waals surface area contributed by atoms with Gasteiger partial charge < -0.3 is 14.7 Å². The fraction of sp³-hybridized carbons (Fsp3) is 0. The Morgan fingerprint density at radius 1 is 1.00 bits per heavy atom. The Morgan fingerprint density at radius 3 is 1.86 bits per heavy atom. The average Bonchev–Trinajstić information content (AvgIpc) is 1.92. The van der Waals surface area contributed by atoms with E-state index < -0.39 is 13.2 Å². The summed E-state index contributed by atoms with van der Waals surface area (Å²) in [7, 11) is -4.80. The van der Waals surface area contributed by atoms with Gasteiger partial charge in [0.2, 0.25) is 0 Å². The summed E-state index contributed by atoms with van der Waals surface area (Å²) in [6.07, 6.45) is 0. The van der Waals surface area contributed by atoms with Crippen molar-refractivity contribution in [3.05, 3.63) is 28.2 Å². The van der Waals surface area contributed by atoms with Crippen LogP contribution in [0.3, 0.4) is 0 Å². The molecule has 0 aromatic heterocycles. The molecule has 0 amide bonds. The Kier molecular flexibility index (Phi) is 11.9. The van der Waals surface area contributed by atoms with Crippen molar-refractivity contribution in [1.82, 2.24) is 0 Å². The van der Waals surface area contributed by atoms with Crippen LogP contribution in [-0.4, -0.2) is 0 Å². The zero-order chi connectivity index (χ0) is 9.35. The Balaban J connectivity index is 0. The van der Waals surface area contributed by atoms with Crippen LogP contribution in [0.4, 0.5) is 0 Å². The van der Waals surface area contributed by atoms with Gasteiger partial charge in [-0.2, -0.15) is 0 Å². The summed E-state index contributed by atoms with van der Waals surface area (Å²) in [6, 6.07) is 3.70. The molecule has 1 aromatic rings. The molecule has 66 valence electrons. The Bertz CT molecular complexity index is 306. The SMILES string of the molecule is [K+].[K+].[O-][P+]([O-])([O-])c1cc(Cl)ccc1Cl. The molecule has 0 aliphatic rings. The number of rotatable bonds is 1. The maximum absolute atomic E-state index is 10.5. The molecule has 1 aromatic carbocycles. The molecule has 0 aliphatic carbocycles. The van der Waals surface area contributed by atoms with E-state index >= 15 is 0 Å². The molecule has 8 heteroatoms. The zero-order valence-electron chi connectivity index (χ0n) is 7.66. The second-order valence-corrected chi connectivity index (χ2v) is 4.41. The molecule has 0 spiro atoms. The van der Waals surface area contributed by atoms with E-state index in [0.717, 1.165) is 6.07 Å². The van der Waals surface area contributed by atoms with Crippen molar-refractivity contribution in [1.29, 1.82) is 0 Å². The fourth-order valence-corrected chi connectivity index (χ4v) is 2.01. The van der Waals surface area contributed by atoms with E-state index in [0.29, 0.717) is 0 Å². The summed E-state index contributed by atoms with van der Waals surface area (Å²) < 4.78 is 0. The van der Waals surface area contributed by atoms with Crippen LogP contribution in [0, 0.1) is 0 Å². The third-order valence-electron chi connectivity index (χ3n) is 1.20. The van der Waals surface area contributed by atoms with Crippen molar-refractivity contribution in [2.24, 2.45) is 0 Å². The number of hydrogen-bond donors (Lipinski definition) is 0. The van der Waals surface area contributed by atoms with Gasteiger partial charge in [0.1, 0.15) is 0 Å². The van der Waals surface area contributed by atoms with Gasteiger partial charge in [0.25, 0.3) is 0 Å². The molecule has 0 heterocycles. The van der Waals surface area contributed by atoms with Crippen molar-refractivity contribution in [2.45, 2.75) is 0 Å². The monoisotopic (exact) mass is 302 g/mol. The zero-order valence-corrected chi connectivity index (χ0v) is 16.3. The number of hydrogen-bond acceptors (Lipinski definition) is 3. The molecule has 0 saturated carbocycles. The molecule has 1 rings (SSSR count). The molecule has 0 radical (unpaired) electrons. The van der Waals surface area contributed by atoms with Crippen LogP contribution >= 0.6 is 31.1 Å². The Hall–Kier alpha value is 3.38. The van der Waals surface area contributed by atoms with Gasteiger partial charge in [0.15, 0.2) is 0 Å². The van der Waals surface area contributed by atoms with E-state index in [1.807, 2.05) is 0 Å². The van der Waals surface area contributed by atoms with E-state index in [1.165, 1.54) is 12.1 Å². The summed E-state index contributed by atoms with van der Waals surface area (Å²) in [4.78, 5) is 31.6. The Labute approximate surface area is 178 Å². The molecule has 0 bridgehead atoms. The number of halogens is 2. The van der Waals surface area contributed by atoms with E-state index in [2.05, 4.69) is 0 Å². The Morgan fingerprint density at radius 2 is 1.50 bits per heavy atom.